The number of hydrogen-bond donors (Lipinski definition) is 0. The van der Waals surface area contributed by atoms with E-state index >= 15 is 0 Å². The average molecular weight is 124 g/mol. The molecule has 0 amide bonds. The van der Waals surface area contributed by atoms with Crippen molar-refractivity contribution in [2.75, 3.05) is 0 Å². The minimum atomic E-state index is 1.15. The van der Waals surface area contributed by atoms with Crippen LogP contribution in [0.15, 0.2) is 24.3 Å². The summed E-state index contributed by atoms with van der Waals surface area (Å²) in [6, 6.07) is 8.56. The van der Waals surface area contributed by atoms with Gasteiger partial charge >= 0.3 is 62.5 Å². The van der Waals surface area contributed by atoms with Crippen LogP contribution >= 0.6 is 0 Å². The molecule has 0 aromatic heterocycles. The van der Waals surface area contributed by atoms with Gasteiger partial charge in [0.2, 0.25) is 0 Å². The molecule has 1 aromatic carbocycles. The van der Waals surface area contributed by atoms with Crippen LogP contribution < -0.4 is 10.9 Å². The van der Waals surface area contributed by atoms with Gasteiger partial charge in [-0.15, -0.1) is 0 Å². The molecule has 3 heteroatoms. The van der Waals surface area contributed by atoms with E-state index in [1.165, 1.54) is 16.2 Å². The predicted octanol–water partition coefficient (Wildman–Crippen LogP) is -2.19. The van der Waals surface area contributed by atoms with Gasteiger partial charge in [0.1, 0.15) is 0 Å². The normalized spacial score (nSPS) is 13.0. The summed E-state index contributed by atoms with van der Waals surface area (Å²) >= 11 is 0. The molecule has 0 saturated heterocycles. The van der Waals surface area contributed by atoms with Crippen LogP contribution in [0.2, 0.25) is 0 Å². The standard InChI is InChI=1S/C7H7B3/c8-7-9-5-3-1-2-4-6(5)10-7/h1-4,9H,8H2. The van der Waals surface area contributed by atoms with Crippen LogP contribution in [-0.2, 0) is 0 Å². The Morgan fingerprint density at radius 2 is 2.10 bits per heavy atom. The first kappa shape index (κ1) is 6.02. The van der Waals surface area contributed by atoms with Gasteiger partial charge in [-0.05, 0) is 0 Å². The number of fused-ring (bicyclic) bond motifs is 1. The summed E-state index contributed by atoms with van der Waals surface area (Å²) in [7, 11) is 3.33. The topological polar surface area (TPSA) is 0 Å². The number of hydrogen-bond acceptors (Lipinski definition) is 0. The molecular weight excluding hydrogens is 117 g/mol. The molecule has 10 heavy (non-hydrogen) atoms. The molecule has 1 aromatic rings. The Labute approximate surface area is 63.2 Å². The van der Waals surface area contributed by atoms with Crippen LogP contribution in [0.25, 0.3) is 0 Å². The van der Waals surface area contributed by atoms with E-state index in [0.717, 1.165) is 7.28 Å². The zero-order valence-electron chi connectivity index (χ0n) is 6.09. The quantitative estimate of drug-likeness (QED) is 0.344. The molecule has 0 radical (unpaired) electrons. The minimum absolute atomic E-state index is 1.15. The molecule has 0 atom stereocenters. The van der Waals surface area contributed by atoms with Crippen molar-refractivity contribution in [2.24, 2.45) is 0 Å². The summed E-state index contributed by atoms with van der Waals surface area (Å²) in [4.78, 5) is 0. The van der Waals surface area contributed by atoms with Gasteiger partial charge in [-0.2, -0.15) is 0 Å². The van der Waals surface area contributed by atoms with Crippen LogP contribution in [0.4, 0.5) is 0 Å². The van der Waals surface area contributed by atoms with Gasteiger partial charge in [0, 0.05) is 0 Å². The van der Waals surface area contributed by atoms with Crippen LogP contribution in [0.5, 0.6) is 0 Å². The SMILES string of the molecule is BC1=Bc2ccccc2B1. The number of benzene rings is 1. The fourth-order valence-corrected chi connectivity index (χ4v) is 1.45. The first-order chi connectivity index (χ1) is 4.86. The molecule has 0 saturated carbocycles. The summed E-state index contributed by atoms with van der Waals surface area (Å²) in [5, 5.41) is 1.47. The second kappa shape index (κ2) is 2.15. The van der Waals surface area contributed by atoms with E-state index in [4.69, 9.17) is 0 Å². The van der Waals surface area contributed by atoms with Crippen LogP contribution in [0, 0.1) is 0 Å². The third kappa shape index (κ3) is 0.861. The Morgan fingerprint density at radius 1 is 1.30 bits per heavy atom. The molecule has 2 rings (SSSR count). The Morgan fingerprint density at radius 3 is 2.90 bits per heavy atom. The van der Waals surface area contributed by atoms with Gasteiger partial charge in [0.15, 0.2) is 0 Å². The van der Waals surface area contributed by atoms with Gasteiger partial charge in [-0.3, -0.25) is 0 Å². The Hall–Kier alpha value is -0.715. The van der Waals surface area contributed by atoms with Crippen molar-refractivity contribution >= 4 is 38.2 Å². The molecular formula is C7H7B3. The second-order valence-electron chi connectivity index (χ2n) is 2.87. The van der Waals surface area contributed by atoms with E-state index in [0.29, 0.717) is 0 Å². The molecule has 0 N–H and O–H groups in total. The van der Waals surface area contributed by atoms with Crippen molar-refractivity contribution in [1.29, 1.82) is 0 Å². The molecule has 1 aliphatic rings. The summed E-state index contributed by atoms with van der Waals surface area (Å²) in [6.45, 7) is 2.26. The van der Waals surface area contributed by atoms with E-state index < -0.39 is 0 Å². The Bertz CT molecular complexity index is 291. The van der Waals surface area contributed by atoms with E-state index in [9.17, 15) is 0 Å². The zero-order valence-corrected chi connectivity index (χ0v) is 6.09. The van der Waals surface area contributed by atoms with Crippen molar-refractivity contribution in [3.63, 3.8) is 0 Å². The molecule has 44 valence electrons. The van der Waals surface area contributed by atoms with Crippen molar-refractivity contribution in [1.82, 2.24) is 0 Å². The van der Waals surface area contributed by atoms with Crippen molar-refractivity contribution in [3.8, 4) is 0 Å². The van der Waals surface area contributed by atoms with Crippen molar-refractivity contribution in [2.45, 2.75) is 0 Å². The monoisotopic (exact) mass is 124 g/mol. The van der Waals surface area contributed by atoms with Gasteiger partial charge < -0.3 is 0 Å². The maximum absolute atomic E-state index is 2.26. The number of rotatable bonds is 0. The predicted molar refractivity (Wildman–Crippen MR) is 52.2 cm³/mol. The van der Waals surface area contributed by atoms with Crippen LogP contribution in [-0.4, -0.2) is 27.3 Å². The van der Waals surface area contributed by atoms with E-state index in [2.05, 4.69) is 39.0 Å². The second-order valence-corrected chi connectivity index (χ2v) is 2.87. The summed E-state index contributed by atoms with van der Waals surface area (Å²) < 4.78 is 0. The van der Waals surface area contributed by atoms with E-state index in [1.54, 1.807) is 0 Å². The molecule has 1 heterocycles. The molecule has 0 nitrogen and oxygen atoms in total. The fourth-order valence-electron chi connectivity index (χ4n) is 1.45. The van der Waals surface area contributed by atoms with Gasteiger partial charge in [0.25, 0.3) is 0 Å². The first-order valence-electron chi connectivity index (χ1n) is 3.61. The third-order valence-corrected chi connectivity index (χ3v) is 1.93. The van der Waals surface area contributed by atoms with Crippen molar-refractivity contribution < 1.29 is 0 Å². The molecule has 1 aliphatic heterocycles. The summed E-state index contributed by atoms with van der Waals surface area (Å²) in [5.74, 6) is 0. The maximum atomic E-state index is 2.26. The van der Waals surface area contributed by atoms with E-state index in [1.807, 2.05) is 0 Å². The Balaban J connectivity index is 2.54. The summed E-state index contributed by atoms with van der Waals surface area (Å²) in [5.41, 5.74) is 2.88. The molecule has 0 unspecified atom stereocenters. The molecule has 0 spiro atoms. The van der Waals surface area contributed by atoms with Gasteiger partial charge in [-0.25, -0.2) is 0 Å². The van der Waals surface area contributed by atoms with Gasteiger partial charge in [0.05, 0.1) is 0 Å². The molecule has 0 bridgehead atoms. The summed E-state index contributed by atoms with van der Waals surface area (Å²) in [6.07, 6.45) is 0. The van der Waals surface area contributed by atoms with Crippen LogP contribution in [0.1, 0.15) is 0 Å². The Kier molecular flexibility index (Phi) is 1.30. The van der Waals surface area contributed by atoms with Crippen LogP contribution in [0.3, 0.4) is 0 Å². The van der Waals surface area contributed by atoms with Crippen molar-refractivity contribution in [3.05, 3.63) is 24.3 Å². The molecule has 0 fully saturated rings. The van der Waals surface area contributed by atoms with Gasteiger partial charge in [-0.1, -0.05) is 0 Å². The third-order valence-electron chi connectivity index (χ3n) is 1.93. The molecule has 0 aliphatic carbocycles. The first-order valence-corrected chi connectivity index (χ1v) is 3.61. The van der Waals surface area contributed by atoms with E-state index in [-0.39, 0.29) is 0 Å². The average Bonchev–Trinajstić information content (AvgIpc) is 2.27. The zero-order chi connectivity index (χ0) is 6.97. The fraction of sp³-hybridized carbons (Fsp3) is 0.